The lowest BCUT2D eigenvalue weighted by molar-refractivity contribution is 0.0896. The van der Waals surface area contributed by atoms with E-state index >= 15 is 0 Å². The molecule has 0 radical (unpaired) electrons. The van der Waals surface area contributed by atoms with E-state index in [-0.39, 0.29) is 12.5 Å². The van der Waals surface area contributed by atoms with Crippen LogP contribution in [0.5, 0.6) is 5.75 Å². The molecule has 0 saturated heterocycles. The number of carbonyl (C=O) groups excluding carboxylic acids is 1. The van der Waals surface area contributed by atoms with Crippen molar-refractivity contribution in [2.75, 3.05) is 6.61 Å². The molecule has 0 fully saturated rings. The van der Waals surface area contributed by atoms with Crippen molar-refractivity contribution in [3.05, 3.63) is 77.6 Å². The molecule has 1 atom stereocenters. The Morgan fingerprint density at radius 3 is 2.29 bits per heavy atom. The van der Waals surface area contributed by atoms with E-state index in [0.29, 0.717) is 11.3 Å². The second-order valence-corrected chi connectivity index (χ2v) is 4.81. The molecule has 0 aliphatic heterocycles. The summed E-state index contributed by atoms with van der Waals surface area (Å²) in [6.45, 7) is 9.03. The maximum atomic E-state index is 12.1. The molecule has 0 bridgehead atoms. The van der Waals surface area contributed by atoms with Gasteiger partial charge in [-0.2, -0.15) is 0 Å². The van der Waals surface area contributed by atoms with Gasteiger partial charge in [0.2, 0.25) is 0 Å². The van der Waals surface area contributed by atoms with Gasteiger partial charge < -0.3 is 4.74 Å². The first kappa shape index (κ1) is 14.6. The fraction of sp³-hybridized carbons (Fsp3) is 0.176. The average Bonchev–Trinajstić information content (AvgIpc) is 2.55. The van der Waals surface area contributed by atoms with E-state index in [4.69, 9.17) is 11.3 Å². The van der Waals surface area contributed by atoms with Gasteiger partial charge >= 0.3 is 5.66 Å². The number of ether oxygens (including phenoxy) is 1. The van der Waals surface area contributed by atoms with Gasteiger partial charge in [0.1, 0.15) is 5.75 Å². The summed E-state index contributed by atoms with van der Waals surface area (Å²) in [5.41, 5.74) is -0.588. The third kappa shape index (κ3) is 4.08. The Kier molecular flexibility index (Phi) is 4.57. The van der Waals surface area contributed by atoms with Crippen molar-refractivity contribution in [2.45, 2.75) is 12.6 Å². The van der Waals surface area contributed by atoms with Gasteiger partial charge in [-0.1, -0.05) is 36.4 Å². The first-order valence-electron chi connectivity index (χ1n) is 6.57. The zero-order chi connectivity index (χ0) is 15.1. The SMILES string of the molecule is [C-]#[N+]C(C)(COc1ccccc1)NC(=O)c1ccccc1. The highest BCUT2D eigenvalue weighted by Crippen LogP contribution is 2.14. The van der Waals surface area contributed by atoms with Gasteiger partial charge in [0, 0.05) is 12.5 Å². The Morgan fingerprint density at radius 2 is 1.71 bits per heavy atom. The van der Waals surface area contributed by atoms with Crippen LogP contribution in [0.1, 0.15) is 17.3 Å². The summed E-state index contributed by atoms with van der Waals surface area (Å²) in [5, 5.41) is 2.71. The van der Waals surface area contributed by atoms with Gasteiger partial charge in [0.25, 0.3) is 5.91 Å². The fourth-order valence-corrected chi connectivity index (χ4v) is 1.74. The minimum absolute atomic E-state index is 0.0824. The first-order valence-corrected chi connectivity index (χ1v) is 6.57. The quantitative estimate of drug-likeness (QED) is 0.855. The molecule has 4 heteroatoms. The summed E-state index contributed by atoms with van der Waals surface area (Å²) in [6, 6.07) is 18.0. The summed E-state index contributed by atoms with van der Waals surface area (Å²) < 4.78 is 5.57. The van der Waals surface area contributed by atoms with E-state index < -0.39 is 5.66 Å². The van der Waals surface area contributed by atoms with Crippen molar-refractivity contribution in [1.82, 2.24) is 5.32 Å². The van der Waals surface area contributed by atoms with E-state index in [1.807, 2.05) is 36.4 Å². The van der Waals surface area contributed by atoms with Gasteiger partial charge in [0.15, 0.2) is 6.61 Å². The highest BCUT2D eigenvalue weighted by molar-refractivity contribution is 5.94. The molecular formula is C17H16N2O2. The number of benzene rings is 2. The van der Waals surface area contributed by atoms with E-state index in [1.54, 1.807) is 31.2 Å². The third-order valence-corrected chi connectivity index (χ3v) is 2.93. The molecule has 21 heavy (non-hydrogen) atoms. The summed E-state index contributed by atoms with van der Waals surface area (Å²) in [4.78, 5) is 15.6. The molecule has 2 rings (SSSR count). The van der Waals surface area contributed by atoms with Crippen molar-refractivity contribution < 1.29 is 9.53 Å². The van der Waals surface area contributed by atoms with Crippen molar-refractivity contribution in [1.29, 1.82) is 0 Å². The van der Waals surface area contributed by atoms with E-state index in [9.17, 15) is 4.79 Å². The van der Waals surface area contributed by atoms with Gasteiger partial charge in [0.05, 0.1) is 0 Å². The highest BCUT2D eigenvalue weighted by atomic mass is 16.5. The number of rotatable bonds is 5. The fourth-order valence-electron chi connectivity index (χ4n) is 1.74. The van der Waals surface area contributed by atoms with Crippen LogP contribution < -0.4 is 10.1 Å². The van der Waals surface area contributed by atoms with Crippen molar-refractivity contribution in [3.63, 3.8) is 0 Å². The maximum absolute atomic E-state index is 12.1. The largest absolute Gasteiger partial charge is 0.483 e. The predicted molar refractivity (Wildman–Crippen MR) is 80.9 cm³/mol. The molecule has 0 spiro atoms. The highest BCUT2D eigenvalue weighted by Gasteiger charge is 2.33. The Morgan fingerprint density at radius 1 is 1.14 bits per heavy atom. The van der Waals surface area contributed by atoms with Crippen LogP contribution in [0.2, 0.25) is 0 Å². The number of nitrogens with one attached hydrogen (secondary N) is 1. The topological polar surface area (TPSA) is 42.7 Å². The number of nitrogens with zero attached hydrogens (tertiary/aromatic N) is 1. The Balaban J connectivity index is 2.01. The third-order valence-electron chi connectivity index (χ3n) is 2.93. The lowest BCUT2D eigenvalue weighted by Crippen LogP contribution is -2.47. The van der Waals surface area contributed by atoms with E-state index in [0.717, 1.165) is 0 Å². The first-order chi connectivity index (χ1) is 10.1. The smallest absolute Gasteiger partial charge is 0.338 e. The standard InChI is InChI=1S/C17H16N2O2/c1-17(18-2,13-21-15-11-7-4-8-12-15)19-16(20)14-9-5-3-6-10-14/h3-12H,13H2,1H3,(H,19,20). The van der Waals surface area contributed by atoms with Crippen LogP contribution >= 0.6 is 0 Å². The molecule has 2 aromatic rings. The van der Waals surface area contributed by atoms with Crippen molar-refractivity contribution in [3.8, 4) is 5.75 Å². The lowest BCUT2D eigenvalue weighted by atomic mass is 10.1. The molecule has 1 amide bonds. The van der Waals surface area contributed by atoms with E-state index in [2.05, 4.69) is 10.2 Å². The van der Waals surface area contributed by atoms with Crippen LogP contribution in [-0.2, 0) is 0 Å². The predicted octanol–water partition coefficient (Wildman–Crippen LogP) is 3.13. The maximum Gasteiger partial charge on any atom is 0.338 e. The second-order valence-electron chi connectivity index (χ2n) is 4.81. The molecular weight excluding hydrogens is 264 g/mol. The summed E-state index contributed by atoms with van der Waals surface area (Å²) in [6.07, 6.45) is 0. The second kappa shape index (κ2) is 6.58. The average molecular weight is 280 g/mol. The molecule has 1 unspecified atom stereocenters. The van der Waals surface area contributed by atoms with Crippen LogP contribution in [0.3, 0.4) is 0 Å². The number of carbonyl (C=O) groups is 1. The Bertz CT molecular complexity index is 635. The number of hydrogen-bond acceptors (Lipinski definition) is 2. The van der Waals surface area contributed by atoms with Gasteiger partial charge in [-0.15, -0.1) is 0 Å². The number of hydrogen-bond donors (Lipinski definition) is 1. The normalized spacial score (nSPS) is 12.8. The van der Waals surface area contributed by atoms with Crippen molar-refractivity contribution >= 4 is 5.91 Å². The van der Waals surface area contributed by atoms with E-state index in [1.165, 1.54) is 0 Å². The summed E-state index contributed by atoms with van der Waals surface area (Å²) >= 11 is 0. The van der Waals surface area contributed by atoms with Crippen LogP contribution in [0.4, 0.5) is 0 Å². The number of para-hydroxylation sites is 1. The molecule has 2 aromatic carbocycles. The lowest BCUT2D eigenvalue weighted by Gasteiger charge is -2.19. The zero-order valence-corrected chi connectivity index (χ0v) is 11.7. The van der Waals surface area contributed by atoms with Crippen LogP contribution in [0, 0.1) is 6.57 Å². The van der Waals surface area contributed by atoms with Gasteiger partial charge in [-0.3, -0.25) is 15.0 Å². The zero-order valence-electron chi connectivity index (χ0n) is 11.7. The molecule has 4 nitrogen and oxygen atoms in total. The van der Waals surface area contributed by atoms with Crippen LogP contribution in [0.15, 0.2) is 60.7 Å². The molecule has 0 aliphatic carbocycles. The van der Waals surface area contributed by atoms with Gasteiger partial charge in [-0.25, -0.2) is 6.57 Å². The molecule has 0 aromatic heterocycles. The van der Waals surface area contributed by atoms with Gasteiger partial charge in [-0.05, 0) is 24.3 Å². The van der Waals surface area contributed by atoms with Crippen molar-refractivity contribution in [2.24, 2.45) is 0 Å². The summed E-state index contributed by atoms with van der Waals surface area (Å²) in [5.74, 6) is 0.382. The molecule has 0 aliphatic rings. The molecule has 106 valence electrons. The molecule has 0 saturated carbocycles. The number of amides is 1. The summed E-state index contributed by atoms with van der Waals surface area (Å²) in [7, 11) is 0. The van der Waals surface area contributed by atoms with Crippen LogP contribution in [-0.4, -0.2) is 18.2 Å². The Labute approximate surface area is 124 Å². The monoisotopic (exact) mass is 280 g/mol. The Hall–Kier alpha value is -2.80. The van der Waals surface area contributed by atoms with Crippen LogP contribution in [0.25, 0.3) is 4.85 Å². The molecule has 0 heterocycles. The molecule has 1 N–H and O–H groups in total. The minimum atomic E-state index is -1.11. The minimum Gasteiger partial charge on any atom is -0.483 e.